The fourth-order valence-electron chi connectivity index (χ4n) is 1.84. The molecule has 3 aromatic rings. The second kappa shape index (κ2) is 5.04. The normalized spacial score (nSPS) is 10.3. The van der Waals surface area contributed by atoms with E-state index in [0.717, 1.165) is 16.6 Å². The first-order chi connectivity index (χ1) is 9.36. The van der Waals surface area contributed by atoms with Crippen molar-refractivity contribution in [2.24, 2.45) is 0 Å². The molecule has 0 amide bonds. The second-order valence-corrected chi connectivity index (χ2v) is 4.74. The molecule has 0 bridgehead atoms. The lowest BCUT2D eigenvalue weighted by molar-refractivity contribution is 1.06. The molecule has 0 fully saturated rings. The fraction of sp³-hybridized carbons (Fsp3) is 0.0714. The van der Waals surface area contributed by atoms with Crippen LogP contribution in [0.25, 0.3) is 10.9 Å². The summed E-state index contributed by atoms with van der Waals surface area (Å²) in [4.78, 5) is 8.68. The quantitative estimate of drug-likeness (QED) is 0.791. The van der Waals surface area contributed by atoms with Gasteiger partial charge in [-0.2, -0.15) is 5.26 Å². The Hall–Kier alpha value is -2.45. The maximum atomic E-state index is 9.19. The highest BCUT2D eigenvalue weighted by molar-refractivity contribution is 7.07. The Labute approximate surface area is 114 Å². The van der Waals surface area contributed by atoms with Crippen molar-refractivity contribution in [1.82, 2.24) is 9.97 Å². The molecule has 0 aliphatic rings. The molecule has 2 heterocycles. The molecule has 0 saturated heterocycles. The van der Waals surface area contributed by atoms with E-state index >= 15 is 0 Å². The second-order valence-electron chi connectivity index (χ2n) is 4.02. The Morgan fingerprint density at radius 2 is 2.21 bits per heavy atom. The van der Waals surface area contributed by atoms with E-state index in [2.05, 4.69) is 21.4 Å². The smallest absolute Gasteiger partial charge is 0.144 e. The molecule has 0 spiro atoms. The van der Waals surface area contributed by atoms with Crippen LogP contribution in [-0.4, -0.2) is 9.97 Å². The Morgan fingerprint density at radius 1 is 1.32 bits per heavy atom. The molecule has 1 N–H and O–H groups in total. The fourth-order valence-corrected chi connectivity index (χ4v) is 2.39. The molecule has 0 atom stereocenters. The zero-order chi connectivity index (χ0) is 13.1. The van der Waals surface area contributed by atoms with Gasteiger partial charge >= 0.3 is 0 Å². The average Bonchev–Trinajstić information content (AvgIpc) is 2.97. The predicted octanol–water partition coefficient (Wildman–Crippen LogP) is 3.18. The van der Waals surface area contributed by atoms with Crippen molar-refractivity contribution in [2.75, 3.05) is 5.32 Å². The number of nitrogens with one attached hydrogen (secondary N) is 1. The molecule has 3 rings (SSSR count). The van der Waals surface area contributed by atoms with Crippen molar-refractivity contribution >= 4 is 28.1 Å². The van der Waals surface area contributed by atoms with Gasteiger partial charge < -0.3 is 5.32 Å². The zero-order valence-corrected chi connectivity index (χ0v) is 10.8. The number of anilines is 1. The number of benzene rings is 1. The number of fused-ring (bicyclic) bond motifs is 1. The van der Waals surface area contributed by atoms with Crippen LogP contribution in [0.4, 0.5) is 5.82 Å². The summed E-state index contributed by atoms with van der Waals surface area (Å²) >= 11 is 1.55. The van der Waals surface area contributed by atoms with Crippen LogP contribution in [0.2, 0.25) is 0 Å². The number of nitrogens with zero attached hydrogens (tertiary/aromatic N) is 3. The molecule has 5 heteroatoms. The third-order valence-electron chi connectivity index (χ3n) is 2.76. The lowest BCUT2D eigenvalue weighted by Crippen LogP contribution is -2.03. The SMILES string of the molecule is N#Cc1cc2ccccc2nc1NCc1cscn1. The summed E-state index contributed by atoms with van der Waals surface area (Å²) in [5, 5.41) is 15.3. The molecular weight excluding hydrogens is 256 g/mol. The number of para-hydroxylation sites is 1. The summed E-state index contributed by atoms with van der Waals surface area (Å²) in [5.41, 5.74) is 4.16. The lowest BCUT2D eigenvalue weighted by Gasteiger charge is -2.07. The van der Waals surface area contributed by atoms with Crippen LogP contribution in [0, 0.1) is 11.3 Å². The predicted molar refractivity (Wildman–Crippen MR) is 75.9 cm³/mol. The van der Waals surface area contributed by atoms with Gasteiger partial charge in [-0.15, -0.1) is 11.3 Å². The molecule has 4 nitrogen and oxygen atoms in total. The van der Waals surface area contributed by atoms with E-state index in [-0.39, 0.29) is 0 Å². The van der Waals surface area contributed by atoms with Gasteiger partial charge in [0.05, 0.1) is 28.8 Å². The molecule has 2 aromatic heterocycles. The van der Waals surface area contributed by atoms with E-state index in [4.69, 9.17) is 0 Å². The molecular formula is C14H10N4S. The number of rotatable bonds is 3. The summed E-state index contributed by atoms with van der Waals surface area (Å²) in [7, 11) is 0. The van der Waals surface area contributed by atoms with Gasteiger partial charge in [-0.25, -0.2) is 9.97 Å². The van der Waals surface area contributed by atoms with Crippen LogP contribution >= 0.6 is 11.3 Å². The maximum Gasteiger partial charge on any atom is 0.144 e. The number of nitriles is 1. The summed E-state index contributed by atoms with van der Waals surface area (Å²) in [6.45, 7) is 0.573. The molecule has 0 saturated carbocycles. The van der Waals surface area contributed by atoms with Gasteiger partial charge in [0.1, 0.15) is 11.9 Å². The van der Waals surface area contributed by atoms with E-state index in [1.54, 1.807) is 16.8 Å². The first kappa shape index (κ1) is 11.6. The Bertz CT molecular complexity index is 744. The van der Waals surface area contributed by atoms with Crippen molar-refractivity contribution < 1.29 is 0 Å². The van der Waals surface area contributed by atoms with Gasteiger partial charge in [0.25, 0.3) is 0 Å². The molecule has 0 radical (unpaired) electrons. The number of aromatic nitrogens is 2. The van der Waals surface area contributed by atoms with Crippen LogP contribution in [0.3, 0.4) is 0 Å². The summed E-state index contributed by atoms with van der Waals surface area (Å²) < 4.78 is 0. The Balaban J connectivity index is 1.95. The van der Waals surface area contributed by atoms with Gasteiger partial charge in [-0.3, -0.25) is 0 Å². The van der Waals surface area contributed by atoms with Crippen molar-refractivity contribution in [2.45, 2.75) is 6.54 Å². The molecule has 0 aliphatic heterocycles. The van der Waals surface area contributed by atoms with Crippen molar-refractivity contribution in [1.29, 1.82) is 5.26 Å². The minimum atomic E-state index is 0.550. The van der Waals surface area contributed by atoms with Crippen LogP contribution < -0.4 is 5.32 Å². The van der Waals surface area contributed by atoms with Crippen LogP contribution in [-0.2, 0) is 6.54 Å². The molecule has 92 valence electrons. The number of thiazole rings is 1. The molecule has 1 aromatic carbocycles. The Kier molecular flexibility index (Phi) is 3.09. The first-order valence-corrected chi connectivity index (χ1v) is 6.72. The summed E-state index contributed by atoms with van der Waals surface area (Å²) in [5.74, 6) is 0.606. The summed E-state index contributed by atoms with van der Waals surface area (Å²) in [6.07, 6.45) is 0. The highest BCUT2D eigenvalue weighted by Gasteiger charge is 2.06. The van der Waals surface area contributed by atoms with Crippen molar-refractivity contribution in [3.05, 3.63) is 52.5 Å². The number of pyridine rings is 1. The van der Waals surface area contributed by atoms with Gasteiger partial charge in [0, 0.05) is 10.8 Å². The average molecular weight is 266 g/mol. The third-order valence-corrected chi connectivity index (χ3v) is 3.40. The highest BCUT2D eigenvalue weighted by Crippen LogP contribution is 2.20. The van der Waals surface area contributed by atoms with E-state index in [9.17, 15) is 5.26 Å². The molecule has 0 aliphatic carbocycles. The molecule has 0 unspecified atom stereocenters. The van der Waals surface area contributed by atoms with Crippen LogP contribution in [0.1, 0.15) is 11.3 Å². The Morgan fingerprint density at radius 3 is 3.00 bits per heavy atom. The number of hydrogen-bond acceptors (Lipinski definition) is 5. The van der Waals surface area contributed by atoms with Gasteiger partial charge in [-0.05, 0) is 12.1 Å². The minimum Gasteiger partial charge on any atom is -0.363 e. The third kappa shape index (κ3) is 2.39. The van der Waals surface area contributed by atoms with E-state index < -0.39 is 0 Å². The monoisotopic (exact) mass is 266 g/mol. The topological polar surface area (TPSA) is 61.6 Å². The lowest BCUT2D eigenvalue weighted by atomic mass is 10.1. The minimum absolute atomic E-state index is 0.550. The largest absolute Gasteiger partial charge is 0.363 e. The summed E-state index contributed by atoms with van der Waals surface area (Å²) in [6, 6.07) is 11.8. The maximum absolute atomic E-state index is 9.19. The van der Waals surface area contributed by atoms with Crippen LogP contribution in [0.5, 0.6) is 0 Å². The first-order valence-electron chi connectivity index (χ1n) is 5.77. The zero-order valence-electron chi connectivity index (χ0n) is 10.00. The van der Waals surface area contributed by atoms with Gasteiger partial charge in [0.2, 0.25) is 0 Å². The van der Waals surface area contributed by atoms with E-state index in [0.29, 0.717) is 17.9 Å². The van der Waals surface area contributed by atoms with E-state index in [1.165, 1.54) is 0 Å². The molecule has 19 heavy (non-hydrogen) atoms. The highest BCUT2D eigenvalue weighted by atomic mass is 32.1. The standard InChI is InChI=1S/C14H10N4S/c15-6-11-5-10-3-1-2-4-13(10)18-14(11)16-7-12-8-19-9-17-12/h1-5,8-9H,7H2,(H,16,18). The van der Waals surface area contributed by atoms with Crippen molar-refractivity contribution in [3.8, 4) is 6.07 Å². The number of hydrogen-bond donors (Lipinski definition) is 1. The van der Waals surface area contributed by atoms with Gasteiger partial charge in [0.15, 0.2) is 0 Å². The van der Waals surface area contributed by atoms with Crippen LogP contribution in [0.15, 0.2) is 41.2 Å². The van der Waals surface area contributed by atoms with Gasteiger partial charge in [-0.1, -0.05) is 18.2 Å². The van der Waals surface area contributed by atoms with E-state index in [1.807, 2.05) is 35.7 Å². The van der Waals surface area contributed by atoms with Crippen molar-refractivity contribution in [3.63, 3.8) is 0 Å².